The van der Waals surface area contributed by atoms with Crippen LogP contribution in [-0.4, -0.2) is 13.1 Å². The largest absolute Gasteiger partial charge is 0.316 e. The Kier molecular flexibility index (Phi) is 3.31. The van der Waals surface area contributed by atoms with Gasteiger partial charge in [-0.05, 0) is 31.2 Å². The summed E-state index contributed by atoms with van der Waals surface area (Å²) in [5, 5.41) is 11.9. The van der Waals surface area contributed by atoms with Gasteiger partial charge in [-0.2, -0.15) is 5.26 Å². The third-order valence-corrected chi connectivity index (χ3v) is 2.44. The summed E-state index contributed by atoms with van der Waals surface area (Å²) in [5.74, 6) is 0. The van der Waals surface area contributed by atoms with Gasteiger partial charge < -0.3 is 5.32 Å². The molecule has 0 aliphatic heterocycles. The van der Waals surface area contributed by atoms with E-state index in [0.717, 1.165) is 19.5 Å². The van der Waals surface area contributed by atoms with Crippen molar-refractivity contribution in [2.75, 3.05) is 13.1 Å². The zero-order valence-corrected chi connectivity index (χ0v) is 7.47. The van der Waals surface area contributed by atoms with Crippen LogP contribution in [-0.2, 0) is 0 Å². The van der Waals surface area contributed by atoms with Crippen LogP contribution in [0.3, 0.4) is 0 Å². The van der Waals surface area contributed by atoms with Crippen molar-refractivity contribution >= 4 is 0 Å². The first-order valence-electron chi connectivity index (χ1n) is 4.51. The van der Waals surface area contributed by atoms with Crippen LogP contribution in [0.4, 0.5) is 0 Å². The Morgan fingerprint density at radius 3 is 2.83 bits per heavy atom. The van der Waals surface area contributed by atoms with E-state index in [9.17, 15) is 0 Å². The molecule has 1 aliphatic carbocycles. The number of nitrogens with one attached hydrogen (secondary N) is 1. The van der Waals surface area contributed by atoms with Crippen LogP contribution in [0.1, 0.15) is 25.7 Å². The van der Waals surface area contributed by atoms with Gasteiger partial charge in [-0.25, -0.2) is 0 Å². The number of hydrogen-bond acceptors (Lipinski definition) is 2. The Bertz CT molecular complexity index is 187. The van der Waals surface area contributed by atoms with Gasteiger partial charge in [0.05, 0.1) is 6.07 Å². The van der Waals surface area contributed by atoms with Crippen molar-refractivity contribution in [1.29, 1.82) is 5.26 Å². The SMILES string of the molecule is C=CCCNCC1(CC#N)CC1. The maximum atomic E-state index is 8.55. The highest BCUT2D eigenvalue weighted by Gasteiger charge is 2.41. The first-order chi connectivity index (χ1) is 5.83. The molecule has 2 nitrogen and oxygen atoms in total. The molecule has 0 spiro atoms. The number of nitrogens with zero attached hydrogens (tertiary/aromatic N) is 1. The van der Waals surface area contributed by atoms with E-state index in [2.05, 4.69) is 18.0 Å². The molecule has 0 heterocycles. The van der Waals surface area contributed by atoms with Crippen LogP contribution in [0.25, 0.3) is 0 Å². The van der Waals surface area contributed by atoms with Gasteiger partial charge in [0.1, 0.15) is 0 Å². The molecular weight excluding hydrogens is 148 g/mol. The topological polar surface area (TPSA) is 35.8 Å². The molecular formula is C10H16N2. The summed E-state index contributed by atoms with van der Waals surface area (Å²) in [4.78, 5) is 0. The summed E-state index contributed by atoms with van der Waals surface area (Å²) in [5.41, 5.74) is 0.343. The summed E-state index contributed by atoms with van der Waals surface area (Å²) >= 11 is 0. The third-order valence-electron chi connectivity index (χ3n) is 2.44. The van der Waals surface area contributed by atoms with Crippen LogP contribution < -0.4 is 5.32 Å². The van der Waals surface area contributed by atoms with Crippen molar-refractivity contribution in [1.82, 2.24) is 5.32 Å². The second-order valence-corrected chi connectivity index (χ2v) is 3.59. The van der Waals surface area contributed by atoms with E-state index in [0.29, 0.717) is 11.8 Å². The zero-order valence-electron chi connectivity index (χ0n) is 7.47. The zero-order chi connectivity index (χ0) is 8.86. The minimum absolute atomic E-state index is 0.343. The summed E-state index contributed by atoms with van der Waals surface area (Å²) in [6.07, 6.45) is 6.09. The molecule has 1 rings (SSSR count). The van der Waals surface area contributed by atoms with Crippen molar-refractivity contribution in [3.63, 3.8) is 0 Å². The lowest BCUT2D eigenvalue weighted by Crippen LogP contribution is -2.24. The van der Waals surface area contributed by atoms with Gasteiger partial charge in [-0.1, -0.05) is 6.08 Å². The van der Waals surface area contributed by atoms with E-state index in [1.165, 1.54) is 12.8 Å². The van der Waals surface area contributed by atoms with E-state index in [1.54, 1.807) is 0 Å². The molecule has 66 valence electrons. The first-order valence-corrected chi connectivity index (χ1v) is 4.51. The summed E-state index contributed by atoms with van der Waals surface area (Å²) in [6, 6.07) is 2.25. The van der Waals surface area contributed by atoms with E-state index >= 15 is 0 Å². The van der Waals surface area contributed by atoms with Gasteiger partial charge in [0.15, 0.2) is 0 Å². The number of nitriles is 1. The van der Waals surface area contributed by atoms with Gasteiger partial charge in [-0.15, -0.1) is 6.58 Å². The molecule has 12 heavy (non-hydrogen) atoms. The van der Waals surface area contributed by atoms with E-state index < -0.39 is 0 Å². The Hall–Kier alpha value is -0.810. The molecule has 1 saturated carbocycles. The lowest BCUT2D eigenvalue weighted by Gasteiger charge is -2.10. The maximum Gasteiger partial charge on any atom is 0.0628 e. The fraction of sp³-hybridized carbons (Fsp3) is 0.700. The Labute approximate surface area is 74.3 Å². The van der Waals surface area contributed by atoms with Crippen molar-refractivity contribution in [3.05, 3.63) is 12.7 Å². The molecule has 0 bridgehead atoms. The molecule has 0 unspecified atom stereocenters. The third kappa shape index (κ3) is 2.67. The molecule has 0 saturated heterocycles. The monoisotopic (exact) mass is 164 g/mol. The first kappa shape index (κ1) is 9.28. The molecule has 0 radical (unpaired) electrons. The molecule has 1 aliphatic rings. The average Bonchev–Trinajstić information content (AvgIpc) is 2.81. The molecule has 2 heteroatoms. The standard InChI is InChI=1S/C10H16N2/c1-2-3-8-12-9-10(4-5-10)6-7-11/h2,12H,1,3-6,8-9H2. The van der Waals surface area contributed by atoms with Gasteiger partial charge >= 0.3 is 0 Å². The van der Waals surface area contributed by atoms with Crippen molar-refractivity contribution < 1.29 is 0 Å². The molecule has 0 atom stereocenters. The molecule has 0 aromatic rings. The summed E-state index contributed by atoms with van der Waals surface area (Å²) in [7, 11) is 0. The predicted octanol–water partition coefficient (Wildman–Crippen LogP) is 1.85. The van der Waals surface area contributed by atoms with Crippen molar-refractivity contribution in [3.8, 4) is 6.07 Å². The van der Waals surface area contributed by atoms with Crippen LogP contribution >= 0.6 is 0 Å². The Morgan fingerprint density at radius 1 is 1.58 bits per heavy atom. The smallest absolute Gasteiger partial charge is 0.0628 e. The van der Waals surface area contributed by atoms with E-state index in [1.807, 2.05) is 6.08 Å². The number of hydrogen-bond donors (Lipinski definition) is 1. The minimum Gasteiger partial charge on any atom is -0.316 e. The average molecular weight is 164 g/mol. The van der Waals surface area contributed by atoms with Crippen LogP contribution in [0, 0.1) is 16.7 Å². The van der Waals surface area contributed by atoms with Crippen LogP contribution in [0.15, 0.2) is 12.7 Å². The molecule has 0 aromatic carbocycles. The summed E-state index contributed by atoms with van der Waals surface area (Å²) < 4.78 is 0. The maximum absolute atomic E-state index is 8.55. The van der Waals surface area contributed by atoms with E-state index in [4.69, 9.17) is 5.26 Å². The summed E-state index contributed by atoms with van der Waals surface area (Å²) in [6.45, 7) is 5.66. The highest BCUT2D eigenvalue weighted by atomic mass is 14.9. The lowest BCUT2D eigenvalue weighted by atomic mass is 10.0. The Morgan fingerprint density at radius 2 is 2.33 bits per heavy atom. The molecule has 1 N–H and O–H groups in total. The second kappa shape index (κ2) is 4.27. The number of rotatable bonds is 6. The minimum atomic E-state index is 0.343. The second-order valence-electron chi connectivity index (χ2n) is 3.59. The van der Waals surface area contributed by atoms with Crippen molar-refractivity contribution in [2.24, 2.45) is 5.41 Å². The van der Waals surface area contributed by atoms with Crippen molar-refractivity contribution in [2.45, 2.75) is 25.7 Å². The Balaban J connectivity index is 2.06. The fourth-order valence-corrected chi connectivity index (χ4v) is 1.32. The van der Waals surface area contributed by atoms with E-state index in [-0.39, 0.29) is 0 Å². The van der Waals surface area contributed by atoms with Crippen LogP contribution in [0.2, 0.25) is 0 Å². The molecule has 0 aromatic heterocycles. The fourth-order valence-electron chi connectivity index (χ4n) is 1.32. The quantitative estimate of drug-likeness (QED) is 0.480. The van der Waals surface area contributed by atoms with Gasteiger partial charge in [-0.3, -0.25) is 0 Å². The lowest BCUT2D eigenvalue weighted by molar-refractivity contribution is 0.470. The predicted molar refractivity (Wildman–Crippen MR) is 49.6 cm³/mol. The van der Waals surface area contributed by atoms with Gasteiger partial charge in [0.2, 0.25) is 0 Å². The highest BCUT2D eigenvalue weighted by molar-refractivity contribution is 5.00. The highest BCUT2D eigenvalue weighted by Crippen LogP contribution is 2.47. The van der Waals surface area contributed by atoms with Crippen LogP contribution in [0.5, 0.6) is 0 Å². The molecule has 0 amide bonds. The molecule has 1 fully saturated rings. The van der Waals surface area contributed by atoms with Gasteiger partial charge in [0, 0.05) is 13.0 Å². The van der Waals surface area contributed by atoms with Gasteiger partial charge in [0.25, 0.3) is 0 Å². The normalized spacial score (nSPS) is 18.2.